The van der Waals surface area contributed by atoms with Gasteiger partial charge < -0.3 is 15.1 Å². The third-order valence-electron chi connectivity index (χ3n) is 2.95. The third-order valence-corrected chi connectivity index (χ3v) is 3.45. The number of nitrogens with zero attached hydrogens (tertiary/aromatic N) is 2. The molecular weight excluding hydrogens is 320 g/mol. The zero-order chi connectivity index (χ0) is 14.5. The minimum absolute atomic E-state index is 0.0570. The molecule has 0 aliphatic heterocycles. The van der Waals surface area contributed by atoms with Crippen LogP contribution in [0.3, 0.4) is 0 Å². The van der Waals surface area contributed by atoms with Gasteiger partial charge in [0, 0.05) is 10.2 Å². The summed E-state index contributed by atoms with van der Waals surface area (Å²) in [6.07, 6.45) is 1.07. The fourth-order valence-corrected chi connectivity index (χ4v) is 2.11. The van der Waals surface area contributed by atoms with E-state index in [9.17, 15) is 0 Å². The van der Waals surface area contributed by atoms with Crippen LogP contribution in [-0.2, 0) is 0 Å². The van der Waals surface area contributed by atoms with Crippen LogP contribution in [0.25, 0.3) is 0 Å². The molecular formula is C14H19BrN4O. The number of nitrogens with one attached hydrogen (secondary N) is 2. The monoisotopic (exact) mass is 338 g/mol. The summed E-state index contributed by atoms with van der Waals surface area (Å²) in [5.74, 6) is 0.591. The van der Waals surface area contributed by atoms with Crippen molar-refractivity contribution in [3.05, 3.63) is 34.1 Å². The summed E-state index contributed by atoms with van der Waals surface area (Å²) >= 11 is 3.45. The molecule has 6 heteroatoms. The molecule has 0 saturated heterocycles. The molecule has 0 radical (unpaired) electrons. The average Bonchev–Trinajstić information content (AvgIpc) is 2.89. The molecule has 0 amide bonds. The molecule has 0 aliphatic rings. The second-order valence-electron chi connectivity index (χ2n) is 4.71. The highest BCUT2D eigenvalue weighted by Gasteiger charge is 2.13. The fraction of sp³-hybridized carbons (Fsp3) is 0.429. The standard InChI is InChI=1S/C14H19BrN4O/c1-4-7-16-10(3)13-18-19-14(20-13)17-12-8-11(15)6-5-9(12)2/h5-6,8,10,16H,4,7H2,1-3H3,(H,17,19). The van der Waals surface area contributed by atoms with Crippen molar-refractivity contribution >= 4 is 27.6 Å². The van der Waals surface area contributed by atoms with Gasteiger partial charge in [-0.3, -0.25) is 0 Å². The molecule has 0 fully saturated rings. The van der Waals surface area contributed by atoms with Crippen LogP contribution in [-0.4, -0.2) is 16.7 Å². The van der Waals surface area contributed by atoms with Crippen molar-refractivity contribution < 1.29 is 4.42 Å². The minimum Gasteiger partial charge on any atom is -0.406 e. The van der Waals surface area contributed by atoms with Crippen molar-refractivity contribution in [3.63, 3.8) is 0 Å². The number of aryl methyl sites for hydroxylation is 1. The van der Waals surface area contributed by atoms with E-state index in [1.807, 2.05) is 32.0 Å². The summed E-state index contributed by atoms with van der Waals surface area (Å²) in [7, 11) is 0. The minimum atomic E-state index is 0.0570. The Kier molecular flexibility index (Phi) is 5.14. The van der Waals surface area contributed by atoms with Crippen LogP contribution in [0, 0.1) is 6.92 Å². The molecule has 5 nitrogen and oxygen atoms in total. The molecule has 20 heavy (non-hydrogen) atoms. The smallest absolute Gasteiger partial charge is 0.320 e. The first kappa shape index (κ1) is 15.0. The summed E-state index contributed by atoms with van der Waals surface area (Å²) < 4.78 is 6.63. The van der Waals surface area contributed by atoms with Crippen molar-refractivity contribution in [1.29, 1.82) is 0 Å². The Morgan fingerprint density at radius 3 is 2.90 bits per heavy atom. The number of benzene rings is 1. The van der Waals surface area contributed by atoms with Gasteiger partial charge in [-0.25, -0.2) is 0 Å². The van der Waals surface area contributed by atoms with Gasteiger partial charge in [0.25, 0.3) is 0 Å². The maximum absolute atomic E-state index is 5.63. The van der Waals surface area contributed by atoms with Gasteiger partial charge >= 0.3 is 6.01 Å². The van der Waals surface area contributed by atoms with E-state index in [-0.39, 0.29) is 6.04 Å². The van der Waals surface area contributed by atoms with E-state index >= 15 is 0 Å². The Morgan fingerprint density at radius 2 is 2.15 bits per heavy atom. The molecule has 0 saturated carbocycles. The number of halogens is 1. The molecule has 1 aromatic heterocycles. The van der Waals surface area contributed by atoms with E-state index in [1.54, 1.807) is 0 Å². The van der Waals surface area contributed by atoms with Gasteiger partial charge in [0.1, 0.15) is 0 Å². The van der Waals surface area contributed by atoms with Gasteiger partial charge in [-0.15, -0.1) is 5.10 Å². The third kappa shape index (κ3) is 3.80. The van der Waals surface area contributed by atoms with Crippen molar-refractivity contribution in [1.82, 2.24) is 15.5 Å². The first-order valence-electron chi connectivity index (χ1n) is 6.70. The second kappa shape index (κ2) is 6.85. The Labute approximate surface area is 127 Å². The van der Waals surface area contributed by atoms with Gasteiger partial charge in [-0.2, -0.15) is 0 Å². The second-order valence-corrected chi connectivity index (χ2v) is 5.62. The molecule has 0 spiro atoms. The highest BCUT2D eigenvalue weighted by Crippen LogP contribution is 2.24. The number of hydrogen-bond acceptors (Lipinski definition) is 5. The van der Waals surface area contributed by atoms with E-state index in [1.165, 1.54) is 0 Å². The van der Waals surface area contributed by atoms with Gasteiger partial charge in [0.2, 0.25) is 5.89 Å². The van der Waals surface area contributed by atoms with Crippen LogP contribution in [0.5, 0.6) is 0 Å². The largest absolute Gasteiger partial charge is 0.406 e. The van der Waals surface area contributed by atoms with Gasteiger partial charge in [0.15, 0.2) is 0 Å². The number of hydrogen-bond donors (Lipinski definition) is 2. The summed E-state index contributed by atoms with van der Waals surface area (Å²) in [5, 5.41) is 14.6. The molecule has 2 N–H and O–H groups in total. The van der Waals surface area contributed by atoms with Gasteiger partial charge in [-0.1, -0.05) is 34.0 Å². The predicted molar refractivity (Wildman–Crippen MR) is 83.2 cm³/mol. The molecule has 0 aliphatic carbocycles. The van der Waals surface area contributed by atoms with Crippen LogP contribution in [0.4, 0.5) is 11.7 Å². The zero-order valence-electron chi connectivity index (χ0n) is 11.9. The van der Waals surface area contributed by atoms with Crippen LogP contribution >= 0.6 is 15.9 Å². The maximum Gasteiger partial charge on any atom is 0.320 e. The van der Waals surface area contributed by atoms with Crippen LogP contribution in [0.1, 0.15) is 37.8 Å². The normalized spacial score (nSPS) is 12.4. The predicted octanol–water partition coefficient (Wildman–Crippen LogP) is 3.94. The topological polar surface area (TPSA) is 63.0 Å². The van der Waals surface area contributed by atoms with Crippen LogP contribution < -0.4 is 10.6 Å². The molecule has 2 rings (SSSR count). The van der Waals surface area contributed by atoms with E-state index < -0.39 is 0 Å². The van der Waals surface area contributed by atoms with Crippen molar-refractivity contribution in [3.8, 4) is 0 Å². The van der Waals surface area contributed by atoms with Crippen molar-refractivity contribution in [2.45, 2.75) is 33.2 Å². The molecule has 108 valence electrons. The molecule has 1 unspecified atom stereocenters. The lowest BCUT2D eigenvalue weighted by Crippen LogP contribution is -2.19. The highest BCUT2D eigenvalue weighted by molar-refractivity contribution is 9.10. The Balaban J connectivity index is 2.07. The van der Waals surface area contributed by atoms with Crippen LogP contribution in [0.2, 0.25) is 0 Å². The lowest BCUT2D eigenvalue weighted by Gasteiger charge is -2.08. The molecule has 1 atom stereocenters. The SMILES string of the molecule is CCCNC(C)c1nnc(Nc2cc(Br)ccc2C)o1. The van der Waals surface area contributed by atoms with Crippen molar-refractivity contribution in [2.24, 2.45) is 0 Å². The average molecular weight is 339 g/mol. The molecule has 1 heterocycles. The molecule has 2 aromatic rings. The maximum atomic E-state index is 5.63. The van der Waals surface area contributed by atoms with Crippen LogP contribution in [0.15, 0.2) is 27.1 Å². The number of anilines is 2. The lowest BCUT2D eigenvalue weighted by atomic mass is 10.2. The first-order chi connectivity index (χ1) is 9.60. The van der Waals surface area contributed by atoms with Gasteiger partial charge in [-0.05, 0) is 44.5 Å². The summed E-state index contributed by atoms with van der Waals surface area (Å²) in [4.78, 5) is 0. The Morgan fingerprint density at radius 1 is 1.35 bits per heavy atom. The Bertz CT molecular complexity index is 570. The molecule has 1 aromatic carbocycles. The summed E-state index contributed by atoms with van der Waals surface area (Å²) in [6, 6.07) is 6.47. The van der Waals surface area contributed by atoms with E-state index in [0.717, 1.165) is 28.7 Å². The molecule has 0 bridgehead atoms. The zero-order valence-corrected chi connectivity index (χ0v) is 13.5. The number of rotatable bonds is 6. The van der Waals surface area contributed by atoms with Crippen molar-refractivity contribution in [2.75, 3.05) is 11.9 Å². The summed E-state index contributed by atoms with van der Waals surface area (Å²) in [5.41, 5.74) is 2.06. The quantitative estimate of drug-likeness (QED) is 0.834. The highest BCUT2D eigenvalue weighted by atomic mass is 79.9. The first-order valence-corrected chi connectivity index (χ1v) is 7.49. The Hall–Kier alpha value is -1.40. The van der Waals surface area contributed by atoms with E-state index in [2.05, 4.69) is 43.7 Å². The van der Waals surface area contributed by atoms with E-state index in [4.69, 9.17) is 4.42 Å². The fourth-order valence-electron chi connectivity index (χ4n) is 1.75. The lowest BCUT2D eigenvalue weighted by molar-refractivity contribution is 0.424. The van der Waals surface area contributed by atoms with E-state index in [0.29, 0.717) is 11.9 Å². The van der Waals surface area contributed by atoms with Gasteiger partial charge in [0.05, 0.1) is 6.04 Å². The number of aromatic nitrogens is 2. The summed E-state index contributed by atoms with van der Waals surface area (Å²) in [6.45, 7) is 7.09.